The predicted molar refractivity (Wildman–Crippen MR) is 89.9 cm³/mol. The number of nitrogens with zero attached hydrogens (tertiary/aromatic N) is 3. The van der Waals surface area contributed by atoms with Crippen LogP contribution < -0.4 is 0 Å². The van der Waals surface area contributed by atoms with Crippen LogP contribution in [-0.4, -0.2) is 43.1 Å². The minimum Gasteiger partial charge on any atom is -0.623 e. The molecule has 1 saturated heterocycles. The van der Waals surface area contributed by atoms with E-state index in [4.69, 9.17) is 16.6 Å². The van der Waals surface area contributed by atoms with E-state index in [1.807, 2.05) is 25.8 Å². The number of likely N-dealkylation sites (N-methyl/N-ethyl adjacent to an activating group) is 1. The Labute approximate surface area is 137 Å². The van der Waals surface area contributed by atoms with Crippen molar-refractivity contribution in [1.29, 1.82) is 0 Å². The highest BCUT2D eigenvalue weighted by atomic mass is 32.2. The van der Waals surface area contributed by atoms with Crippen LogP contribution in [0.3, 0.4) is 0 Å². The second-order valence-corrected chi connectivity index (χ2v) is 6.96. The third-order valence-electron chi connectivity index (χ3n) is 3.47. The lowest BCUT2D eigenvalue weighted by Gasteiger charge is -2.30. The second kappa shape index (κ2) is 6.09. The topological polar surface area (TPSA) is 85.6 Å². The van der Waals surface area contributed by atoms with Crippen molar-refractivity contribution in [3.05, 3.63) is 39.3 Å². The third-order valence-corrected chi connectivity index (χ3v) is 5.52. The third kappa shape index (κ3) is 3.14. The van der Waals surface area contributed by atoms with Crippen LogP contribution in [0.4, 0.5) is 5.88 Å². The standard InChI is InChI=1S/C13H15N3O4S2/c1-13(2)11(22-12(21)14(13)3)15(17)8-4-5-9-6-7-10(20-9)16(18)19/h4-8,11H,1-3H3/b5-4+,15-8+. The van der Waals surface area contributed by atoms with Gasteiger partial charge in [0.25, 0.3) is 0 Å². The molecule has 1 aromatic heterocycles. The summed E-state index contributed by atoms with van der Waals surface area (Å²) < 4.78 is 6.47. The molecule has 0 amide bonds. The first kappa shape index (κ1) is 16.5. The minimum atomic E-state index is -0.616. The van der Waals surface area contributed by atoms with Crippen LogP contribution in [0.1, 0.15) is 19.6 Å². The summed E-state index contributed by atoms with van der Waals surface area (Å²) in [5.41, 5.74) is -0.392. The van der Waals surface area contributed by atoms with E-state index in [0.29, 0.717) is 10.1 Å². The van der Waals surface area contributed by atoms with Crippen LogP contribution in [-0.2, 0) is 0 Å². The van der Waals surface area contributed by atoms with Crippen LogP contribution in [0.5, 0.6) is 0 Å². The van der Waals surface area contributed by atoms with Gasteiger partial charge in [-0.1, -0.05) is 12.2 Å². The average Bonchev–Trinajstić information content (AvgIpc) is 2.98. The molecule has 9 heteroatoms. The average molecular weight is 341 g/mol. The maximum Gasteiger partial charge on any atom is 0.433 e. The van der Waals surface area contributed by atoms with Crippen molar-refractivity contribution in [3.63, 3.8) is 0 Å². The summed E-state index contributed by atoms with van der Waals surface area (Å²) >= 11 is 6.55. The number of hydrogen-bond acceptors (Lipinski definition) is 6. The van der Waals surface area contributed by atoms with E-state index < -0.39 is 10.5 Å². The van der Waals surface area contributed by atoms with E-state index in [-0.39, 0.29) is 11.3 Å². The summed E-state index contributed by atoms with van der Waals surface area (Å²) in [6.45, 7) is 3.89. The summed E-state index contributed by atoms with van der Waals surface area (Å²) in [5.74, 6) is -0.0274. The number of nitro groups is 1. The van der Waals surface area contributed by atoms with Crippen molar-refractivity contribution in [1.82, 2.24) is 4.90 Å². The van der Waals surface area contributed by atoms with Crippen LogP contribution in [0.2, 0.25) is 0 Å². The van der Waals surface area contributed by atoms with Crippen molar-refractivity contribution in [2.75, 3.05) is 7.05 Å². The Balaban J connectivity index is 2.11. The van der Waals surface area contributed by atoms with Crippen molar-refractivity contribution < 1.29 is 14.1 Å². The summed E-state index contributed by atoms with van der Waals surface area (Å²) in [6.07, 6.45) is 4.34. The molecule has 7 nitrogen and oxygen atoms in total. The predicted octanol–water partition coefficient (Wildman–Crippen LogP) is 2.85. The van der Waals surface area contributed by atoms with Gasteiger partial charge in [0.15, 0.2) is 6.21 Å². The number of hydrogen-bond donors (Lipinski definition) is 0. The summed E-state index contributed by atoms with van der Waals surface area (Å²) in [4.78, 5) is 11.8. The zero-order valence-corrected chi connectivity index (χ0v) is 13.9. The highest BCUT2D eigenvalue weighted by Gasteiger charge is 2.48. The minimum absolute atomic E-state index is 0.308. The molecule has 1 atom stereocenters. The van der Waals surface area contributed by atoms with Crippen molar-refractivity contribution in [2.24, 2.45) is 0 Å². The first-order valence-corrected chi connectivity index (χ1v) is 7.68. The Bertz CT molecular complexity index is 666. The molecule has 1 fully saturated rings. The van der Waals surface area contributed by atoms with Gasteiger partial charge in [-0.25, -0.2) is 0 Å². The van der Waals surface area contributed by atoms with E-state index in [1.165, 1.54) is 42.3 Å². The molecule has 0 N–H and O–H groups in total. The van der Waals surface area contributed by atoms with Gasteiger partial charge in [0.1, 0.15) is 20.5 Å². The van der Waals surface area contributed by atoms with Gasteiger partial charge in [-0.05, 0) is 37.8 Å². The highest BCUT2D eigenvalue weighted by Crippen LogP contribution is 2.38. The van der Waals surface area contributed by atoms with Gasteiger partial charge in [-0.2, -0.15) is 4.74 Å². The quantitative estimate of drug-likeness (QED) is 0.208. The first-order chi connectivity index (χ1) is 10.2. The van der Waals surface area contributed by atoms with E-state index >= 15 is 0 Å². The SMILES string of the molecule is CN1C(=S)SC(/[N+]([O-])=C\C=C\c2ccc([N+](=O)[O-])o2)C1(C)C. The van der Waals surface area contributed by atoms with Crippen LogP contribution >= 0.6 is 24.0 Å². The van der Waals surface area contributed by atoms with Gasteiger partial charge in [0.05, 0.1) is 6.07 Å². The molecule has 0 radical (unpaired) electrons. The fraction of sp³-hybridized carbons (Fsp3) is 0.385. The van der Waals surface area contributed by atoms with Crippen molar-refractivity contribution in [3.8, 4) is 0 Å². The number of hydroxylamine groups is 1. The Kier molecular flexibility index (Phi) is 4.57. The second-order valence-electron chi connectivity index (χ2n) is 5.25. The maximum absolute atomic E-state index is 12.2. The zero-order valence-electron chi connectivity index (χ0n) is 12.3. The summed E-state index contributed by atoms with van der Waals surface area (Å²) in [5, 5.41) is 22.4. The molecule has 2 rings (SSSR count). The molecular weight excluding hydrogens is 326 g/mol. The maximum atomic E-state index is 12.2. The molecule has 118 valence electrons. The number of thiocarbonyl (C=S) groups is 1. The fourth-order valence-electron chi connectivity index (χ4n) is 1.91. The smallest absolute Gasteiger partial charge is 0.433 e. The van der Waals surface area contributed by atoms with Gasteiger partial charge in [-0.3, -0.25) is 10.1 Å². The molecule has 1 aliphatic heterocycles. The normalized spacial score (nSPS) is 21.8. The molecule has 0 aromatic carbocycles. The molecule has 1 unspecified atom stereocenters. The summed E-state index contributed by atoms with van der Waals surface area (Å²) in [7, 11) is 1.86. The molecular formula is C13H15N3O4S2. The van der Waals surface area contributed by atoms with Gasteiger partial charge < -0.3 is 14.5 Å². The molecule has 0 aliphatic carbocycles. The van der Waals surface area contributed by atoms with E-state index in [0.717, 1.165) is 4.74 Å². The number of furan rings is 1. The van der Waals surface area contributed by atoms with E-state index in [1.54, 1.807) is 0 Å². The lowest BCUT2D eigenvalue weighted by atomic mass is 10.0. The Morgan fingerprint density at radius 1 is 1.45 bits per heavy atom. The number of thioether (sulfide) groups is 1. The van der Waals surface area contributed by atoms with Gasteiger partial charge in [0, 0.05) is 13.1 Å². The van der Waals surface area contributed by atoms with E-state index in [9.17, 15) is 15.3 Å². The van der Waals surface area contributed by atoms with Gasteiger partial charge in [0.2, 0.25) is 5.37 Å². The highest BCUT2D eigenvalue weighted by molar-refractivity contribution is 8.23. The van der Waals surface area contributed by atoms with Crippen LogP contribution in [0, 0.1) is 15.3 Å². The Hall–Kier alpha value is -1.87. The number of rotatable bonds is 4. The van der Waals surface area contributed by atoms with Crippen molar-refractivity contribution >= 4 is 46.5 Å². The fourth-order valence-corrected chi connectivity index (χ4v) is 3.63. The van der Waals surface area contributed by atoms with E-state index in [2.05, 4.69) is 0 Å². The van der Waals surface area contributed by atoms with Crippen molar-refractivity contribution in [2.45, 2.75) is 24.8 Å². The monoisotopic (exact) mass is 341 g/mol. The van der Waals surface area contributed by atoms with Crippen LogP contribution in [0.25, 0.3) is 6.08 Å². The zero-order chi connectivity index (χ0) is 16.5. The Morgan fingerprint density at radius 3 is 2.64 bits per heavy atom. The molecule has 1 aromatic rings. The number of allylic oxidation sites excluding steroid dienone is 1. The molecule has 0 saturated carbocycles. The summed E-state index contributed by atoms with van der Waals surface area (Å²) in [6, 6.07) is 2.73. The first-order valence-electron chi connectivity index (χ1n) is 6.39. The molecule has 0 spiro atoms. The molecule has 1 aliphatic rings. The molecule has 2 heterocycles. The largest absolute Gasteiger partial charge is 0.623 e. The molecule has 22 heavy (non-hydrogen) atoms. The van der Waals surface area contributed by atoms with Gasteiger partial charge >= 0.3 is 5.88 Å². The van der Waals surface area contributed by atoms with Crippen LogP contribution in [0.15, 0.2) is 22.6 Å². The lowest BCUT2D eigenvalue weighted by Crippen LogP contribution is -2.46. The lowest BCUT2D eigenvalue weighted by molar-refractivity contribution is -0.480. The Morgan fingerprint density at radius 2 is 2.14 bits per heavy atom. The van der Waals surface area contributed by atoms with Gasteiger partial charge in [-0.15, -0.1) is 0 Å². The molecule has 0 bridgehead atoms.